The minimum Gasteiger partial charge on any atom is -0.505 e. The summed E-state index contributed by atoms with van der Waals surface area (Å²) in [6, 6.07) is 9.34. The fourth-order valence-electron chi connectivity index (χ4n) is 5.54. The van der Waals surface area contributed by atoms with Crippen molar-refractivity contribution in [3.8, 4) is 5.75 Å². The molecular formula is C24H31FO. The van der Waals surface area contributed by atoms with Crippen LogP contribution in [0.2, 0.25) is 0 Å². The fourth-order valence-corrected chi connectivity index (χ4v) is 5.54. The van der Waals surface area contributed by atoms with Crippen molar-refractivity contribution in [2.24, 2.45) is 17.8 Å². The molecule has 4 rings (SSSR count). The maximum Gasteiger partial charge on any atom is 0.172 e. The molecule has 2 fully saturated rings. The first kappa shape index (κ1) is 17.8. The average Bonchev–Trinajstić information content (AvgIpc) is 2.71. The van der Waals surface area contributed by atoms with Gasteiger partial charge in [0.15, 0.2) is 11.6 Å². The molecule has 2 saturated carbocycles. The topological polar surface area (TPSA) is 20.2 Å². The summed E-state index contributed by atoms with van der Waals surface area (Å²) in [4.78, 5) is 0. The van der Waals surface area contributed by atoms with Crippen LogP contribution < -0.4 is 0 Å². The number of benzene rings is 2. The highest BCUT2D eigenvalue weighted by Gasteiger charge is 2.31. The number of hydrogen-bond acceptors (Lipinski definition) is 1. The zero-order valence-electron chi connectivity index (χ0n) is 15.9. The molecule has 2 aromatic rings. The Hall–Kier alpha value is -1.57. The smallest absolute Gasteiger partial charge is 0.172 e. The molecule has 26 heavy (non-hydrogen) atoms. The monoisotopic (exact) mass is 354 g/mol. The Balaban J connectivity index is 1.40. The first-order valence-electron chi connectivity index (χ1n) is 10.6. The standard InChI is InChI=1S/C24H31FO/c1-2-16-3-5-17(6-4-16)18-7-9-19(10-8-18)20-11-13-22-21(15-20)12-14-23(26)24(22)25/h11-19,26H,2-10H2,1H3. The molecule has 0 aromatic heterocycles. The van der Waals surface area contributed by atoms with Crippen LogP contribution in [0.15, 0.2) is 30.3 Å². The number of phenols is 1. The quantitative estimate of drug-likeness (QED) is 0.619. The van der Waals surface area contributed by atoms with Crippen molar-refractivity contribution in [1.29, 1.82) is 0 Å². The summed E-state index contributed by atoms with van der Waals surface area (Å²) in [6.45, 7) is 2.34. The predicted molar refractivity (Wildman–Crippen MR) is 106 cm³/mol. The fraction of sp³-hybridized carbons (Fsp3) is 0.583. The van der Waals surface area contributed by atoms with E-state index in [-0.39, 0.29) is 5.75 Å². The molecule has 140 valence electrons. The van der Waals surface area contributed by atoms with Crippen molar-refractivity contribution >= 4 is 10.8 Å². The van der Waals surface area contributed by atoms with Crippen LogP contribution >= 0.6 is 0 Å². The molecular weight excluding hydrogens is 323 g/mol. The van der Waals surface area contributed by atoms with E-state index in [1.165, 1.54) is 69.4 Å². The van der Waals surface area contributed by atoms with E-state index < -0.39 is 5.82 Å². The Kier molecular flexibility index (Phi) is 5.20. The minimum absolute atomic E-state index is 0.261. The van der Waals surface area contributed by atoms with Gasteiger partial charge in [-0.1, -0.05) is 50.5 Å². The molecule has 0 atom stereocenters. The van der Waals surface area contributed by atoms with E-state index in [9.17, 15) is 9.50 Å². The lowest BCUT2D eigenvalue weighted by Gasteiger charge is -2.38. The van der Waals surface area contributed by atoms with Crippen LogP contribution in [-0.4, -0.2) is 5.11 Å². The molecule has 0 aliphatic heterocycles. The predicted octanol–water partition coefficient (Wildman–Crippen LogP) is 7.17. The summed E-state index contributed by atoms with van der Waals surface area (Å²) in [5, 5.41) is 11.0. The van der Waals surface area contributed by atoms with Crippen molar-refractivity contribution in [3.05, 3.63) is 41.7 Å². The highest BCUT2D eigenvalue weighted by molar-refractivity contribution is 5.85. The van der Waals surface area contributed by atoms with Gasteiger partial charge in [-0.2, -0.15) is 0 Å². The average molecular weight is 355 g/mol. The molecule has 0 saturated heterocycles. The Morgan fingerprint density at radius 3 is 2.19 bits per heavy atom. The normalized spacial score (nSPS) is 29.8. The van der Waals surface area contributed by atoms with Crippen molar-refractivity contribution < 1.29 is 9.50 Å². The Bertz CT molecular complexity index is 752. The van der Waals surface area contributed by atoms with Crippen molar-refractivity contribution in [1.82, 2.24) is 0 Å². The molecule has 0 amide bonds. The largest absolute Gasteiger partial charge is 0.505 e. The van der Waals surface area contributed by atoms with Gasteiger partial charge in [0.25, 0.3) is 0 Å². The van der Waals surface area contributed by atoms with E-state index in [0.29, 0.717) is 11.3 Å². The van der Waals surface area contributed by atoms with Crippen LogP contribution in [0.25, 0.3) is 10.8 Å². The van der Waals surface area contributed by atoms with Gasteiger partial charge in [0, 0.05) is 5.39 Å². The van der Waals surface area contributed by atoms with Crippen LogP contribution in [-0.2, 0) is 0 Å². The summed E-state index contributed by atoms with van der Waals surface area (Å²) >= 11 is 0. The molecule has 1 nitrogen and oxygen atoms in total. The van der Waals surface area contributed by atoms with Crippen LogP contribution in [0, 0.1) is 23.6 Å². The lowest BCUT2D eigenvalue weighted by atomic mass is 9.68. The molecule has 0 spiro atoms. The summed E-state index contributed by atoms with van der Waals surface area (Å²) in [5.74, 6) is 2.73. The number of fused-ring (bicyclic) bond motifs is 1. The molecule has 2 aliphatic rings. The number of phenolic OH excluding ortho intramolecular Hbond substituents is 1. The van der Waals surface area contributed by atoms with Crippen LogP contribution in [0.4, 0.5) is 4.39 Å². The van der Waals surface area contributed by atoms with E-state index in [2.05, 4.69) is 19.1 Å². The first-order chi connectivity index (χ1) is 12.7. The third-order valence-electron chi connectivity index (χ3n) is 7.34. The maximum absolute atomic E-state index is 14.0. The molecule has 2 heteroatoms. The zero-order valence-corrected chi connectivity index (χ0v) is 15.9. The van der Waals surface area contributed by atoms with E-state index in [1.54, 1.807) is 0 Å². The SMILES string of the molecule is CCC1CCC(C2CCC(c3ccc4c(F)c(O)ccc4c3)CC2)CC1. The molecule has 2 aliphatic carbocycles. The summed E-state index contributed by atoms with van der Waals surface area (Å²) in [6.07, 6.45) is 12.4. The van der Waals surface area contributed by atoms with Crippen LogP contribution in [0.5, 0.6) is 5.75 Å². The number of aromatic hydroxyl groups is 1. The van der Waals surface area contributed by atoms with E-state index in [1.807, 2.05) is 12.1 Å². The lowest BCUT2D eigenvalue weighted by Crippen LogP contribution is -2.25. The second-order valence-corrected chi connectivity index (χ2v) is 8.68. The van der Waals surface area contributed by atoms with Crippen LogP contribution in [0.1, 0.15) is 76.2 Å². The Morgan fingerprint density at radius 2 is 1.54 bits per heavy atom. The summed E-state index contributed by atoms with van der Waals surface area (Å²) in [5.41, 5.74) is 1.34. The van der Waals surface area contributed by atoms with Gasteiger partial charge in [-0.3, -0.25) is 0 Å². The van der Waals surface area contributed by atoms with Gasteiger partial charge in [0.1, 0.15) is 0 Å². The molecule has 1 N–H and O–H groups in total. The Morgan fingerprint density at radius 1 is 0.885 bits per heavy atom. The zero-order chi connectivity index (χ0) is 18.1. The van der Waals surface area contributed by atoms with Gasteiger partial charge in [0.2, 0.25) is 0 Å². The number of rotatable bonds is 3. The van der Waals surface area contributed by atoms with E-state index in [4.69, 9.17) is 0 Å². The van der Waals surface area contributed by atoms with Gasteiger partial charge >= 0.3 is 0 Å². The summed E-state index contributed by atoms with van der Waals surface area (Å²) < 4.78 is 14.0. The first-order valence-corrected chi connectivity index (χ1v) is 10.6. The molecule has 2 aromatic carbocycles. The van der Waals surface area contributed by atoms with Crippen molar-refractivity contribution in [3.63, 3.8) is 0 Å². The lowest BCUT2D eigenvalue weighted by molar-refractivity contribution is 0.158. The highest BCUT2D eigenvalue weighted by atomic mass is 19.1. The van der Waals surface area contributed by atoms with E-state index in [0.717, 1.165) is 23.1 Å². The van der Waals surface area contributed by atoms with Gasteiger partial charge in [-0.05, 0) is 79.2 Å². The molecule has 0 heterocycles. The van der Waals surface area contributed by atoms with Gasteiger partial charge in [-0.25, -0.2) is 4.39 Å². The van der Waals surface area contributed by atoms with Crippen molar-refractivity contribution in [2.75, 3.05) is 0 Å². The Labute approximate surface area is 156 Å². The highest BCUT2D eigenvalue weighted by Crippen LogP contribution is 2.44. The third kappa shape index (κ3) is 3.48. The van der Waals surface area contributed by atoms with Crippen LogP contribution in [0.3, 0.4) is 0 Å². The molecule has 0 unspecified atom stereocenters. The molecule has 0 bridgehead atoms. The summed E-state index contributed by atoms with van der Waals surface area (Å²) in [7, 11) is 0. The third-order valence-corrected chi connectivity index (χ3v) is 7.34. The molecule has 0 radical (unpaired) electrons. The van der Waals surface area contributed by atoms with Crippen molar-refractivity contribution in [2.45, 2.75) is 70.6 Å². The van der Waals surface area contributed by atoms with Gasteiger partial charge < -0.3 is 5.11 Å². The maximum atomic E-state index is 14.0. The van der Waals surface area contributed by atoms with Gasteiger partial charge in [0.05, 0.1) is 0 Å². The minimum atomic E-state index is -0.500. The number of hydrogen-bond donors (Lipinski definition) is 1. The second kappa shape index (κ2) is 7.58. The second-order valence-electron chi connectivity index (χ2n) is 8.68. The number of halogens is 1. The van der Waals surface area contributed by atoms with E-state index >= 15 is 0 Å². The van der Waals surface area contributed by atoms with Gasteiger partial charge in [-0.15, -0.1) is 0 Å².